The van der Waals surface area contributed by atoms with Gasteiger partial charge in [-0.05, 0) is 0 Å². The van der Waals surface area contributed by atoms with Crippen LogP contribution in [-0.2, 0) is 4.79 Å². The SMILES string of the molecule is O=C(CSc1n[nH]c(=O)[nH]c1=O)Nc1nc(-c2ccccc2)cs1. The van der Waals surface area contributed by atoms with E-state index in [1.54, 1.807) is 0 Å². The molecule has 0 atom stereocenters. The number of aromatic amines is 2. The van der Waals surface area contributed by atoms with Gasteiger partial charge < -0.3 is 5.32 Å². The van der Waals surface area contributed by atoms with E-state index in [2.05, 4.69) is 20.5 Å². The van der Waals surface area contributed by atoms with Gasteiger partial charge in [0, 0.05) is 10.9 Å². The Morgan fingerprint density at radius 2 is 2.04 bits per heavy atom. The summed E-state index contributed by atoms with van der Waals surface area (Å²) < 4.78 is 0. The van der Waals surface area contributed by atoms with E-state index in [4.69, 9.17) is 0 Å². The van der Waals surface area contributed by atoms with Crippen LogP contribution in [0.1, 0.15) is 0 Å². The van der Waals surface area contributed by atoms with Gasteiger partial charge in [0.05, 0.1) is 11.4 Å². The first-order valence-corrected chi connectivity index (χ1v) is 8.61. The molecule has 0 saturated heterocycles. The van der Waals surface area contributed by atoms with E-state index < -0.39 is 11.2 Å². The van der Waals surface area contributed by atoms with E-state index in [0.29, 0.717) is 5.13 Å². The smallest absolute Gasteiger partial charge is 0.301 e. The second-order valence-corrected chi connectivity index (χ2v) is 6.37. The van der Waals surface area contributed by atoms with Crippen LogP contribution in [0.25, 0.3) is 11.3 Å². The lowest BCUT2D eigenvalue weighted by molar-refractivity contribution is -0.113. The van der Waals surface area contributed by atoms with Gasteiger partial charge in [-0.25, -0.2) is 14.9 Å². The second kappa shape index (κ2) is 7.23. The van der Waals surface area contributed by atoms with Crippen LogP contribution in [0.5, 0.6) is 0 Å². The average molecular weight is 361 g/mol. The third kappa shape index (κ3) is 3.97. The minimum Gasteiger partial charge on any atom is -0.301 e. The fourth-order valence-corrected chi connectivity index (χ4v) is 3.16. The largest absolute Gasteiger partial charge is 0.342 e. The summed E-state index contributed by atoms with van der Waals surface area (Å²) in [6, 6.07) is 9.62. The predicted octanol–water partition coefficient (Wildman–Crippen LogP) is 1.31. The summed E-state index contributed by atoms with van der Waals surface area (Å²) >= 11 is 2.24. The van der Waals surface area contributed by atoms with E-state index >= 15 is 0 Å². The van der Waals surface area contributed by atoms with Crippen LogP contribution in [0, 0.1) is 0 Å². The van der Waals surface area contributed by atoms with Crippen molar-refractivity contribution in [3.05, 3.63) is 56.5 Å². The molecule has 1 aromatic carbocycles. The molecule has 10 heteroatoms. The normalized spacial score (nSPS) is 10.5. The number of H-pyrrole nitrogens is 2. The number of carbonyl (C=O) groups excluding carboxylic acids is 1. The molecule has 0 radical (unpaired) electrons. The van der Waals surface area contributed by atoms with E-state index in [9.17, 15) is 14.4 Å². The van der Waals surface area contributed by atoms with Gasteiger partial charge in [0.25, 0.3) is 5.56 Å². The number of hydrogen-bond donors (Lipinski definition) is 3. The summed E-state index contributed by atoms with van der Waals surface area (Å²) in [6.07, 6.45) is 0. The van der Waals surface area contributed by atoms with Crippen LogP contribution in [0.15, 0.2) is 50.3 Å². The number of benzene rings is 1. The minimum absolute atomic E-state index is 0.0221. The van der Waals surface area contributed by atoms with Gasteiger partial charge in [-0.15, -0.1) is 11.3 Å². The summed E-state index contributed by atoms with van der Waals surface area (Å²) in [5.41, 5.74) is 0.428. The summed E-state index contributed by atoms with van der Waals surface area (Å²) in [5.74, 6) is -0.344. The molecule has 3 rings (SSSR count). The van der Waals surface area contributed by atoms with Crippen molar-refractivity contribution in [2.45, 2.75) is 5.03 Å². The first-order chi connectivity index (χ1) is 11.6. The molecule has 24 heavy (non-hydrogen) atoms. The summed E-state index contributed by atoms with van der Waals surface area (Å²) in [4.78, 5) is 40.7. The van der Waals surface area contributed by atoms with Crippen LogP contribution in [-0.4, -0.2) is 31.8 Å². The molecule has 3 aromatic rings. The van der Waals surface area contributed by atoms with Crippen LogP contribution >= 0.6 is 23.1 Å². The summed E-state index contributed by atoms with van der Waals surface area (Å²) in [6.45, 7) is 0. The number of thiazole rings is 1. The van der Waals surface area contributed by atoms with Gasteiger partial charge >= 0.3 is 5.69 Å². The highest BCUT2D eigenvalue weighted by Crippen LogP contribution is 2.24. The third-order valence-electron chi connectivity index (χ3n) is 2.84. The molecule has 0 aliphatic rings. The molecule has 2 heterocycles. The maximum Gasteiger partial charge on any atom is 0.342 e. The molecule has 0 aliphatic heterocycles. The third-order valence-corrected chi connectivity index (χ3v) is 4.55. The Balaban J connectivity index is 1.60. The minimum atomic E-state index is -0.690. The Morgan fingerprint density at radius 1 is 1.25 bits per heavy atom. The number of amides is 1. The molecule has 2 aromatic heterocycles. The Labute approximate surface area is 143 Å². The van der Waals surface area contributed by atoms with Gasteiger partial charge in [-0.1, -0.05) is 42.1 Å². The monoisotopic (exact) mass is 361 g/mol. The van der Waals surface area contributed by atoms with E-state index in [-0.39, 0.29) is 16.7 Å². The predicted molar refractivity (Wildman–Crippen MR) is 92.4 cm³/mol. The quantitative estimate of drug-likeness (QED) is 0.589. The summed E-state index contributed by atoms with van der Waals surface area (Å²) in [5, 5.41) is 10.7. The highest BCUT2D eigenvalue weighted by Gasteiger charge is 2.10. The number of carbonyl (C=O) groups is 1. The van der Waals surface area contributed by atoms with Crippen LogP contribution in [0.4, 0.5) is 5.13 Å². The number of thioether (sulfide) groups is 1. The molecular formula is C14H11N5O3S2. The van der Waals surface area contributed by atoms with Crippen molar-refractivity contribution in [3.63, 3.8) is 0 Å². The molecule has 0 bridgehead atoms. The molecule has 0 fully saturated rings. The Morgan fingerprint density at radius 3 is 2.79 bits per heavy atom. The molecular weight excluding hydrogens is 350 g/mol. The maximum absolute atomic E-state index is 11.9. The molecule has 0 saturated carbocycles. The van der Waals surface area contributed by atoms with Gasteiger partial charge in [-0.3, -0.25) is 14.6 Å². The van der Waals surface area contributed by atoms with E-state index in [0.717, 1.165) is 23.0 Å². The molecule has 0 unspecified atom stereocenters. The highest BCUT2D eigenvalue weighted by molar-refractivity contribution is 7.99. The van der Waals surface area contributed by atoms with Gasteiger partial charge in [0.2, 0.25) is 5.91 Å². The Kier molecular flexibility index (Phi) is 4.87. The van der Waals surface area contributed by atoms with Crippen LogP contribution in [0.3, 0.4) is 0 Å². The van der Waals surface area contributed by atoms with Crippen LogP contribution < -0.4 is 16.6 Å². The van der Waals surface area contributed by atoms with Crippen LogP contribution in [0.2, 0.25) is 0 Å². The average Bonchev–Trinajstić information content (AvgIpc) is 3.03. The molecule has 1 amide bonds. The lowest BCUT2D eigenvalue weighted by atomic mass is 10.2. The van der Waals surface area contributed by atoms with Gasteiger partial charge in [0.15, 0.2) is 10.2 Å². The Bertz CT molecular complexity index is 964. The van der Waals surface area contributed by atoms with E-state index in [1.807, 2.05) is 40.7 Å². The van der Waals surface area contributed by atoms with Crippen molar-refractivity contribution in [2.24, 2.45) is 0 Å². The van der Waals surface area contributed by atoms with Crippen molar-refractivity contribution in [1.82, 2.24) is 20.2 Å². The van der Waals surface area contributed by atoms with E-state index in [1.165, 1.54) is 11.3 Å². The molecule has 0 aliphatic carbocycles. The zero-order valence-corrected chi connectivity index (χ0v) is 13.7. The second-order valence-electron chi connectivity index (χ2n) is 4.55. The van der Waals surface area contributed by atoms with Crippen molar-refractivity contribution < 1.29 is 4.79 Å². The number of hydrogen-bond acceptors (Lipinski definition) is 7. The fraction of sp³-hybridized carbons (Fsp3) is 0.0714. The molecule has 8 nitrogen and oxygen atoms in total. The van der Waals surface area contributed by atoms with Crippen molar-refractivity contribution in [3.8, 4) is 11.3 Å². The molecule has 122 valence electrons. The zero-order chi connectivity index (χ0) is 16.9. The van der Waals surface area contributed by atoms with Crippen molar-refractivity contribution in [1.29, 1.82) is 0 Å². The highest BCUT2D eigenvalue weighted by atomic mass is 32.2. The van der Waals surface area contributed by atoms with Crippen molar-refractivity contribution in [2.75, 3.05) is 11.1 Å². The van der Waals surface area contributed by atoms with Gasteiger partial charge in [0.1, 0.15) is 0 Å². The van der Waals surface area contributed by atoms with Gasteiger partial charge in [-0.2, -0.15) is 5.10 Å². The molecule has 3 N–H and O–H groups in total. The first-order valence-electron chi connectivity index (χ1n) is 6.74. The Hall–Kier alpha value is -2.72. The topological polar surface area (TPSA) is 121 Å². The number of anilines is 1. The zero-order valence-electron chi connectivity index (χ0n) is 12.1. The number of aromatic nitrogens is 4. The standard InChI is InChI=1S/C14H11N5O3S2/c20-10(7-23-12-11(21)17-13(22)19-18-12)16-14-15-9(6-24-14)8-4-2-1-3-5-8/h1-6H,7H2,(H,15,16,20)(H2,17,19,21,22). The number of nitrogens with zero attached hydrogens (tertiary/aromatic N) is 2. The lowest BCUT2D eigenvalue weighted by Crippen LogP contribution is -2.25. The number of rotatable bonds is 5. The lowest BCUT2D eigenvalue weighted by Gasteiger charge is -2.00. The first kappa shape index (κ1) is 16.1. The summed E-state index contributed by atoms with van der Waals surface area (Å²) in [7, 11) is 0. The molecule has 0 spiro atoms. The van der Waals surface area contributed by atoms with Crippen molar-refractivity contribution >= 4 is 34.1 Å². The maximum atomic E-state index is 11.9. The fourth-order valence-electron chi connectivity index (χ4n) is 1.80. The number of nitrogens with one attached hydrogen (secondary N) is 3.